The fourth-order valence-electron chi connectivity index (χ4n) is 5.07. The van der Waals surface area contributed by atoms with Crippen molar-refractivity contribution in [2.24, 2.45) is 23.3 Å². The predicted octanol–water partition coefficient (Wildman–Crippen LogP) is -1.49. The summed E-state index contributed by atoms with van der Waals surface area (Å²) in [5, 5.41) is 33.3. The summed E-state index contributed by atoms with van der Waals surface area (Å²) in [4.78, 5) is 101. The minimum absolute atomic E-state index is 0.0626. The minimum atomic E-state index is -1.66. The maximum Gasteiger partial charge on any atom is 0.326 e. The summed E-state index contributed by atoms with van der Waals surface area (Å²) in [7, 11) is 0. The standard InChI is InChI=1S/C35H56N8O10/c1-19(2)15-25(33(50)42-26(17-28(45)46)34(51)43-29(20(3)4)35(52)53)40-27(44)18-38-32(49)24(13-9-10-14-36)41-30(47)21(5)39-31(48)23(37)16-22-11-7-6-8-12-22/h6-8,11-12,19-21,23-26,29H,9-10,13-18,36-37H2,1-5H3,(H,38,49)(H,39,48)(H,40,44)(H,41,47)(H,42,50)(H,43,51)(H,45,46)(H,52,53)/t21-,23-,24-,25-,26-,29-/m0/s1. The third-order valence-corrected chi connectivity index (χ3v) is 7.99. The average molecular weight is 749 g/mol. The molecule has 6 atom stereocenters. The number of nitrogens with one attached hydrogen (secondary N) is 6. The van der Waals surface area contributed by atoms with Crippen LogP contribution < -0.4 is 43.4 Å². The van der Waals surface area contributed by atoms with Gasteiger partial charge in [0.25, 0.3) is 0 Å². The Bertz CT molecular complexity index is 1410. The number of aliphatic carboxylic acids is 2. The molecule has 0 spiro atoms. The van der Waals surface area contributed by atoms with Gasteiger partial charge in [0, 0.05) is 0 Å². The number of rotatable bonds is 24. The number of unbranched alkanes of at least 4 members (excludes halogenated alkanes) is 1. The predicted molar refractivity (Wildman–Crippen MR) is 194 cm³/mol. The Balaban J connectivity index is 2.93. The summed E-state index contributed by atoms with van der Waals surface area (Å²) < 4.78 is 0. The van der Waals surface area contributed by atoms with Crippen LogP contribution in [0.5, 0.6) is 0 Å². The van der Waals surface area contributed by atoms with Crippen molar-refractivity contribution in [3.8, 4) is 0 Å². The highest BCUT2D eigenvalue weighted by Gasteiger charge is 2.33. The van der Waals surface area contributed by atoms with E-state index in [9.17, 15) is 48.6 Å². The van der Waals surface area contributed by atoms with Crippen molar-refractivity contribution in [2.75, 3.05) is 13.1 Å². The maximum absolute atomic E-state index is 13.3. The number of nitrogens with two attached hydrogens (primary N) is 2. The van der Waals surface area contributed by atoms with E-state index >= 15 is 0 Å². The average Bonchev–Trinajstić information content (AvgIpc) is 3.07. The first-order valence-corrected chi connectivity index (χ1v) is 17.6. The lowest BCUT2D eigenvalue weighted by molar-refractivity contribution is -0.144. The lowest BCUT2D eigenvalue weighted by atomic mass is 10.0. The molecule has 1 rings (SSSR count). The van der Waals surface area contributed by atoms with E-state index in [0.717, 1.165) is 5.56 Å². The molecule has 0 saturated heterocycles. The van der Waals surface area contributed by atoms with Crippen molar-refractivity contribution >= 4 is 47.4 Å². The number of hydrogen-bond acceptors (Lipinski definition) is 10. The van der Waals surface area contributed by atoms with E-state index in [0.29, 0.717) is 19.4 Å². The van der Waals surface area contributed by atoms with Gasteiger partial charge in [0.2, 0.25) is 35.4 Å². The van der Waals surface area contributed by atoms with Crippen molar-refractivity contribution in [1.29, 1.82) is 0 Å². The lowest BCUT2D eigenvalue weighted by Crippen LogP contribution is -2.58. The monoisotopic (exact) mass is 748 g/mol. The fraction of sp³-hybridized carbons (Fsp3) is 0.600. The molecule has 0 aliphatic carbocycles. The Morgan fingerprint density at radius 2 is 1.30 bits per heavy atom. The largest absolute Gasteiger partial charge is 0.481 e. The zero-order valence-corrected chi connectivity index (χ0v) is 31.0. The van der Waals surface area contributed by atoms with E-state index in [1.165, 1.54) is 6.92 Å². The Morgan fingerprint density at radius 3 is 1.85 bits per heavy atom. The SMILES string of the molecule is CC(C)C[C@H](NC(=O)CNC(=O)[C@H](CCCCN)NC(=O)[C@H](C)NC(=O)[C@@H](N)Cc1ccccc1)C(=O)N[C@@H](CC(=O)O)C(=O)N[C@H](C(=O)O)C(C)C. The van der Waals surface area contributed by atoms with E-state index in [1.807, 2.05) is 30.3 Å². The quantitative estimate of drug-likeness (QED) is 0.0541. The van der Waals surface area contributed by atoms with Crippen LogP contribution in [0.1, 0.15) is 72.3 Å². The molecule has 1 aromatic carbocycles. The topological polar surface area (TPSA) is 301 Å². The van der Waals surface area contributed by atoms with E-state index in [2.05, 4.69) is 31.9 Å². The van der Waals surface area contributed by atoms with Crippen molar-refractivity contribution < 1.29 is 48.6 Å². The number of carboxylic acids is 2. The summed E-state index contributed by atoms with van der Waals surface area (Å²) in [6, 6.07) is 1.74. The molecule has 0 aliphatic rings. The van der Waals surface area contributed by atoms with Gasteiger partial charge in [-0.15, -0.1) is 0 Å². The molecule has 0 unspecified atom stereocenters. The Morgan fingerprint density at radius 1 is 0.698 bits per heavy atom. The molecule has 18 heteroatoms. The van der Waals surface area contributed by atoms with Crippen LogP contribution in [0, 0.1) is 11.8 Å². The first-order valence-electron chi connectivity index (χ1n) is 17.6. The second kappa shape index (κ2) is 23.5. The second-order valence-electron chi connectivity index (χ2n) is 13.6. The molecule has 0 bridgehead atoms. The fourth-order valence-corrected chi connectivity index (χ4v) is 5.07. The zero-order valence-electron chi connectivity index (χ0n) is 31.0. The molecular formula is C35H56N8O10. The van der Waals surface area contributed by atoms with Gasteiger partial charge in [0.15, 0.2) is 0 Å². The van der Waals surface area contributed by atoms with Crippen LogP contribution in [0.2, 0.25) is 0 Å². The van der Waals surface area contributed by atoms with E-state index in [-0.39, 0.29) is 25.2 Å². The maximum atomic E-state index is 13.3. The number of amides is 6. The Hall–Kier alpha value is -5.10. The third kappa shape index (κ3) is 17.8. The van der Waals surface area contributed by atoms with Gasteiger partial charge >= 0.3 is 11.9 Å². The molecule has 0 fully saturated rings. The number of carbonyl (C=O) groups excluding carboxylic acids is 6. The Labute approximate surface area is 309 Å². The summed E-state index contributed by atoms with van der Waals surface area (Å²) >= 11 is 0. The van der Waals surface area contributed by atoms with E-state index in [4.69, 9.17) is 11.5 Å². The summed E-state index contributed by atoms with van der Waals surface area (Å²) in [6.45, 7) is 7.75. The second-order valence-corrected chi connectivity index (χ2v) is 13.6. The van der Waals surface area contributed by atoms with Crippen LogP contribution in [0.3, 0.4) is 0 Å². The molecule has 0 saturated carbocycles. The van der Waals surface area contributed by atoms with Gasteiger partial charge in [-0.2, -0.15) is 0 Å². The number of carboxylic acid groups (broad SMARTS) is 2. The number of hydrogen-bond donors (Lipinski definition) is 10. The van der Waals surface area contributed by atoms with E-state index in [1.54, 1.807) is 27.7 Å². The Kier molecular flexibility index (Phi) is 20.3. The first-order chi connectivity index (χ1) is 24.9. The zero-order chi connectivity index (χ0) is 40.2. The van der Waals surface area contributed by atoms with Crippen LogP contribution >= 0.6 is 0 Å². The van der Waals surface area contributed by atoms with Gasteiger partial charge in [-0.3, -0.25) is 33.6 Å². The van der Waals surface area contributed by atoms with Gasteiger partial charge in [0.1, 0.15) is 30.2 Å². The van der Waals surface area contributed by atoms with Gasteiger partial charge in [-0.1, -0.05) is 58.0 Å². The molecule has 0 radical (unpaired) electrons. The molecule has 18 nitrogen and oxygen atoms in total. The van der Waals surface area contributed by atoms with Gasteiger partial charge in [0.05, 0.1) is 19.0 Å². The molecule has 12 N–H and O–H groups in total. The van der Waals surface area contributed by atoms with Crippen LogP contribution in [0.4, 0.5) is 0 Å². The van der Waals surface area contributed by atoms with Crippen LogP contribution in [0.25, 0.3) is 0 Å². The van der Waals surface area contributed by atoms with Crippen molar-refractivity contribution in [3.63, 3.8) is 0 Å². The van der Waals surface area contributed by atoms with Gasteiger partial charge < -0.3 is 53.6 Å². The number of carbonyl (C=O) groups is 8. The van der Waals surface area contributed by atoms with Crippen molar-refractivity contribution in [2.45, 2.75) is 109 Å². The molecule has 0 aromatic heterocycles. The molecular weight excluding hydrogens is 692 g/mol. The number of benzene rings is 1. The van der Waals surface area contributed by atoms with E-state index < -0.39 is 103 Å². The highest BCUT2D eigenvalue weighted by Crippen LogP contribution is 2.09. The smallest absolute Gasteiger partial charge is 0.326 e. The molecule has 6 amide bonds. The van der Waals surface area contributed by atoms with Crippen molar-refractivity contribution in [1.82, 2.24) is 31.9 Å². The van der Waals surface area contributed by atoms with Crippen LogP contribution in [-0.4, -0.2) is 107 Å². The normalized spacial score (nSPS) is 14.4. The third-order valence-electron chi connectivity index (χ3n) is 7.99. The molecule has 0 heterocycles. The minimum Gasteiger partial charge on any atom is -0.481 e. The van der Waals surface area contributed by atoms with Crippen LogP contribution in [0.15, 0.2) is 30.3 Å². The van der Waals surface area contributed by atoms with Gasteiger partial charge in [-0.05, 0) is 63.0 Å². The molecule has 53 heavy (non-hydrogen) atoms. The summed E-state index contributed by atoms with van der Waals surface area (Å²) in [6.07, 6.45) is 0.609. The molecule has 1 aromatic rings. The van der Waals surface area contributed by atoms with Crippen molar-refractivity contribution in [3.05, 3.63) is 35.9 Å². The molecule has 0 aliphatic heterocycles. The first kappa shape index (κ1) is 45.9. The van der Waals surface area contributed by atoms with Crippen LogP contribution in [-0.2, 0) is 44.8 Å². The highest BCUT2D eigenvalue weighted by molar-refractivity contribution is 5.96. The highest BCUT2D eigenvalue weighted by atomic mass is 16.4. The van der Waals surface area contributed by atoms with Gasteiger partial charge in [-0.25, -0.2) is 4.79 Å². The molecule has 296 valence electrons. The summed E-state index contributed by atoms with van der Waals surface area (Å²) in [5.41, 5.74) is 12.5. The lowest BCUT2D eigenvalue weighted by Gasteiger charge is -2.25. The summed E-state index contributed by atoms with van der Waals surface area (Å²) in [5.74, 6) is -8.18.